The van der Waals surface area contributed by atoms with Crippen molar-refractivity contribution in [3.8, 4) is 0 Å². The van der Waals surface area contributed by atoms with E-state index in [1.165, 1.54) is 26.2 Å². The summed E-state index contributed by atoms with van der Waals surface area (Å²) >= 11 is 0. The largest absolute Gasteiger partial charge is 0.304 e. The molecule has 3 heteroatoms. The molecule has 0 N–H and O–H groups in total. The summed E-state index contributed by atoms with van der Waals surface area (Å²) in [5, 5.41) is 0. The Morgan fingerprint density at radius 2 is 1.77 bits per heavy atom. The third-order valence-corrected chi connectivity index (χ3v) is 3.40. The number of carbonyl (C=O) groups is 1. The highest BCUT2D eigenvalue weighted by Gasteiger charge is 2.34. The van der Waals surface area contributed by atoms with Crippen molar-refractivity contribution in [3.05, 3.63) is 0 Å². The lowest BCUT2D eigenvalue weighted by Crippen LogP contribution is -2.53. The van der Waals surface area contributed by atoms with Gasteiger partial charge in [0.25, 0.3) is 0 Å². The fourth-order valence-corrected chi connectivity index (χ4v) is 2.23. The molecule has 0 aromatic rings. The van der Waals surface area contributed by atoms with Gasteiger partial charge in [-0.2, -0.15) is 0 Å². The molecule has 1 aliphatic heterocycles. The molecule has 1 saturated carbocycles. The second-order valence-corrected chi connectivity index (χ2v) is 4.36. The molecule has 2 fully saturated rings. The molecule has 0 amide bonds. The molecule has 2 aliphatic rings. The zero-order valence-corrected chi connectivity index (χ0v) is 8.28. The first-order chi connectivity index (χ1) is 6.29. The summed E-state index contributed by atoms with van der Waals surface area (Å²) in [5.74, 6) is 0.365. The summed E-state index contributed by atoms with van der Waals surface area (Å²) in [5.41, 5.74) is 0. The van der Waals surface area contributed by atoms with E-state index in [1.54, 1.807) is 0 Å². The van der Waals surface area contributed by atoms with Gasteiger partial charge in [-0.1, -0.05) is 0 Å². The molecule has 0 atom stereocenters. The van der Waals surface area contributed by atoms with Crippen LogP contribution in [0.5, 0.6) is 0 Å². The van der Waals surface area contributed by atoms with Crippen LogP contribution in [0, 0.1) is 5.92 Å². The Balaban J connectivity index is 1.74. The standard InChI is InChI=1S/C10H18N2O/c1-11-2-4-12(5-3-11)10-6-9(7-10)8-13/h8-10H,2-7H2,1H3. The molecular formula is C10H18N2O. The molecule has 0 aromatic heterocycles. The molecule has 0 spiro atoms. The number of nitrogens with zero attached hydrogens (tertiary/aromatic N) is 2. The molecule has 0 radical (unpaired) electrons. The van der Waals surface area contributed by atoms with Crippen LogP contribution in [0.2, 0.25) is 0 Å². The zero-order valence-electron chi connectivity index (χ0n) is 8.28. The fraction of sp³-hybridized carbons (Fsp3) is 0.900. The molecule has 3 nitrogen and oxygen atoms in total. The van der Waals surface area contributed by atoms with Gasteiger partial charge in [0, 0.05) is 38.1 Å². The highest BCUT2D eigenvalue weighted by molar-refractivity contribution is 5.55. The number of rotatable bonds is 2. The maximum Gasteiger partial charge on any atom is 0.123 e. The molecular weight excluding hydrogens is 164 g/mol. The quantitative estimate of drug-likeness (QED) is 0.570. The van der Waals surface area contributed by atoms with Crippen LogP contribution in [0.25, 0.3) is 0 Å². The highest BCUT2D eigenvalue weighted by atomic mass is 16.1. The van der Waals surface area contributed by atoms with Gasteiger partial charge in [-0.05, 0) is 19.9 Å². The minimum Gasteiger partial charge on any atom is -0.304 e. The molecule has 1 saturated heterocycles. The highest BCUT2D eigenvalue weighted by Crippen LogP contribution is 2.30. The second-order valence-electron chi connectivity index (χ2n) is 4.36. The average molecular weight is 182 g/mol. The Kier molecular flexibility index (Phi) is 2.65. The van der Waals surface area contributed by atoms with Crippen molar-refractivity contribution in [2.45, 2.75) is 18.9 Å². The van der Waals surface area contributed by atoms with E-state index in [1.807, 2.05) is 0 Å². The average Bonchev–Trinajstić information content (AvgIpc) is 2.06. The van der Waals surface area contributed by atoms with Gasteiger partial charge in [0.05, 0.1) is 0 Å². The van der Waals surface area contributed by atoms with E-state index in [0.717, 1.165) is 19.1 Å². The van der Waals surface area contributed by atoms with Crippen molar-refractivity contribution < 1.29 is 4.79 Å². The Labute approximate surface area is 79.7 Å². The zero-order chi connectivity index (χ0) is 9.26. The van der Waals surface area contributed by atoms with Crippen LogP contribution >= 0.6 is 0 Å². The molecule has 74 valence electrons. The number of hydrogen-bond acceptors (Lipinski definition) is 3. The van der Waals surface area contributed by atoms with Gasteiger partial charge in [0.1, 0.15) is 6.29 Å². The first kappa shape index (κ1) is 9.16. The van der Waals surface area contributed by atoms with Gasteiger partial charge in [-0.15, -0.1) is 0 Å². The molecule has 1 aliphatic carbocycles. The summed E-state index contributed by atoms with van der Waals surface area (Å²) in [6, 6.07) is 0.712. The smallest absolute Gasteiger partial charge is 0.123 e. The third-order valence-electron chi connectivity index (χ3n) is 3.40. The number of hydrogen-bond donors (Lipinski definition) is 0. The first-order valence-electron chi connectivity index (χ1n) is 5.17. The molecule has 1 heterocycles. The number of aldehydes is 1. The van der Waals surface area contributed by atoms with Crippen molar-refractivity contribution in [2.24, 2.45) is 5.92 Å². The Morgan fingerprint density at radius 1 is 1.15 bits per heavy atom. The topological polar surface area (TPSA) is 23.6 Å². The number of carbonyl (C=O) groups excluding carboxylic acids is 1. The van der Waals surface area contributed by atoms with E-state index in [4.69, 9.17) is 0 Å². The lowest BCUT2D eigenvalue weighted by molar-refractivity contribution is -0.115. The van der Waals surface area contributed by atoms with Gasteiger partial charge in [-0.3, -0.25) is 4.90 Å². The van der Waals surface area contributed by atoms with Crippen LogP contribution in [0.15, 0.2) is 0 Å². The Hall–Kier alpha value is -0.410. The van der Waals surface area contributed by atoms with Crippen LogP contribution < -0.4 is 0 Å². The van der Waals surface area contributed by atoms with Gasteiger partial charge in [-0.25, -0.2) is 0 Å². The lowest BCUT2D eigenvalue weighted by Gasteiger charge is -2.44. The molecule has 0 unspecified atom stereocenters. The van der Waals surface area contributed by atoms with Crippen molar-refractivity contribution in [1.29, 1.82) is 0 Å². The predicted octanol–water partition coefficient (Wildman–Crippen LogP) is 0.211. The molecule has 2 rings (SSSR count). The van der Waals surface area contributed by atoms with Crippen LogP contribution in [0.4, 0.5) is 0 Å². The van der Waals surface area contributed by atoms with Crippen molar-refractivity contribution in [3.63, 3.8) is 0 Å². The van der Waals surface area contributed by atoms with E-state index in [-0.39, 0.29) is 0 Å². The minimum atomic E-state index is 0.365. The molecule has 0 bridgehead atoms. The molecule has 13 heavy (non-hydrogen) atoms. The summed E-state index contributed by atoms with van der Waals surface area (Å²) in [7, 11) is 2.17. The van der Waals surface area contributed by atoms with Crippen molar-refractivity contribution >= 4 is 6.29 Å². The normalized spacial score (nSPS) is 37.0. The first-order valence-corrected chi connectivity index (χ1v) is 5.17. The van der Waals surface area contributed by atoms with Crippen LogP contribution in [0.3, 0.4) is 0 Å². The van der Waals surface area contributed by atoms with Crippen molar-refractivity contribution in [1.82, 2.24) is 9.80 Å². The van der Waals surface area contributed by atoms with Crippen LogP contribution in [0.1, 0.15) is 12.8 Å². The molecule has 0 aromatic carbocycles. The summed E-state index contributed by atoms with van der Waals surface area (Å²) < 4.78 is 0. The van der Waals surface area contributed by atoms with Crippen molar-refractivity contribution in [2.75, 3.05) is 33.2 Å². The predicted molar refractivity (Wildman–Crippen MR) is 51.6 cm³/mol. The van der Waals surface area contributed by atoms with E-state index < -0.39 is 0 Å². The van der Waals surface area contributed by atoms with Gasteiger partial charge in [0.15, 0.2) is 0 Å². The summed E-state index contributed by atoms with van der Waals surface area (Å²) in [6.45, 7) is 4.74. The third kappa shape index (κ3) is 1.92. The maximum atomic E-state index is 10.4. The lowest BCUT2D eigenvalue weighted by atomic mass is 9.80. The fourth-order valence-electron chi connectivity index (χ4n) is 2.23. The van der Waals surface area contributed by atoms with Gasteiger partial charge >= 0.3 is 0 Å². The van der Waals surface area contributed by atoms with Gasteiger partial charge in [0.2, 0.25) is 0 Å². The van der Waals surface area contributed by atoms with E-state index in [2.05, 4.69) is 16.8 Å². The number of likely N-dealkylation sites (N-methyl/N-ethyl adjacent to an activating group) is 1. The van der Waals surface area contributed by atoms with Crippen LogP contribution in [-0.4, -0.2) is 55.4 Å². The van der Waals surface area contributed by atoms with E-state index >= 15 is 0 Å². The van der Waals surface area contributed by atoms with E-state index in [9.17, 15) is 4.79 Å². The Bertz CT molecular complexity index is 181. The van der Waals surface area contributed by atoms with Crippen LogP contribution in [-0.2, 0) is 4.79 Å². The number of piperazine rings is 1. The minimum absolute atomic E-state index is 0.365. The van der Waals surface area contributed by atoms with Gasteiger partial charge < -0.3 is 9.69 Å². The SMILES string of the molecule is CN1CCN(C2CC(C=O)C2)CC1. The second kappa shape index (κ2) is 3.76. The van der Waals surface area contributed by atoms with E-state index in [0.29, 0.717) is 12.0 Å². The maximum absolute atomic E-state index is 10.4. The summed E-state index contributed by atoms with van der Waals surface area (Å²) in [6.07, 6.45) is 3.33. The monoisotopic (exact) mass is 182 g/mol. The Morgan fingerprint density at radius 3 is 2.31 bits per heavy atom. The summed E-state index contributed by atoms with van der Waals surface area (Å²) in [4.78, 5) is 15.3.